The zero-order valence-corrected chi connectivity index (χ0v) is 27.0. The van der Waals surface area contributed by atoms with Crippen LogP contribution in [0.1, 0.15) is 29.4 Å². The first-order chi connectivity index (χ1) is 22.7. The van der Waals surface area contributed by atoms with E-state index in [1.807, 2.05) is 0 Å². The van der Waals surface area contributed by atoms with Crippen LogP contribution in [-0.4, -0.2) is 86.7 Å². The van der Waals surface area contributed by atoms with Gasteiger partial charge in [-0.1, -0.05) is 54.6 Å². The van der Waals surface area contributed by atoms with E-state index in [1.165, 1.54) is 62.6 Å². The van der Waals surface area contributed by atoms with Crippen molar-refractivity contribution in [3.63, 3.8) is 0 Å². The minimum absolute atomic E-state index is 0.0112. The van der Waals surface area contributed by atoms with Gasteiger partial charge in [0.05, 0.1) is 25.8 Å². The number of amides is 3. The number of benzene rings is 3. The molecule has 0 fully saturated rings. The SMILES string of the molecule is COc1ccc(C(N[C@@H](Cc2ccccc2)C(=O)NCC(=O)N[C@@H](Cc2ccc(O)cc2)C(=O)N[C@H](C(=O)O)[C@@H](C)O)P(=O)(O)O)cc1. The zero-order valence-electron chi connectivity index (χ0n) is 26.1. The number of carboxylic acid groups (broad SMARTS) is 1. The Labute approximate surface area is 276 Å². The summed E-state index contributed by atoms with van der Waals surface area (Å²) < 4.78 is 17.7. The second-order valence-electron chi connectivity index (χ2n) is 10.9. The largest absolute Gasteiger partial charge is 0.508 e. The Hall–Kier alpha value is -4.79. The molecule has 258 valence electrons. The summed E-state index contributed by atoms with van der Waals surface area (Å²) in [5, 5.41) is 38.6. The number of aliphatic hydroxyl groups excluding tert-OH is 1. The molecule has 0 aromatic heterocycles. The summed E-state index contributed by atoms with van der Waals surface area (Å²) >= 11 is 0. The molecule has 16 heteroatoms. The van der Waals surface area contributed by atoms with E-state index in [1.54, 1.807) is 30.3 Å². The minimum atomic E-state index is -4.88. The normalized spacial score (nSPS) is 14.4. The predicted molar refractivity (Wildman–Crippen MR) is 173 cm³/mol. The van der Waals surface area contributed by atoms with Gasteiger partial charge in [0.15, 0.2) is 6.04 Å². The van der Waals surface area contributed by atoms with Gasteiger partial charge in [-0.2, -0.15) is 0 Å². The van der Waals surface area contributed by atoms with Crippen molar-refractivity contribution in [2.45, 2.75) is 49.8 Å². The highest BCUT2D eigenvalue weighted by atomic mass is 31.2. The first-order valence-electron chi connectivity index (χ1n) is 14.7. The van der Waals surface area contributed by atoms with Gasteiger partial charge in [0.1, 0.15) is 23.3 Å². The van der Waals surface area contributed by atoms with Gasteiger partial charge < -0.3 is 45.8 Å². The lowest BCUT2D eigenvalue weighted by molar-refractivity contribution is -0.145. The lowest BCUT2D eigenvalue weighted by atomic mass is 10.0. The highest BCUT2D eigenvalue weighted by Gasteiger charge is 2.35. The molecule has 0 aliphatic heterocycles. The number of aliphatic carboxylic acids is 1. The van der Waals surface area contributed by atoms with Crippen LogP contribution in [0.4, 0.5) is 0 Å². The summed E-state index contributed by atoms with van der Waals surface area (Å²) in [6, 6.07) is 16.0. The molecule has 0 saturated heterocycles. The average Bonchev–Trinajstić information content (AvgIpc) is 3.04. The highest BCUT2D eigenvalue weighted by molar-refractivity contribution is 7.52. The molecule has 48 heavy (non-hydrogen) atoms. The third-order valence-corrected chi connectivity index (χ3v) is 8.34. The number of phenolic OH excluding ortho intramolecular Hbond substituents is 1. The van der Waals surface area contributed by atoms with Gasteiger partial charge >= 0.3 is 13.6 Å². The number of ether oxygens (including phenoxy) is 1. The van der Waals surface area contributed by atoms with E-state index in [0.29, 0.717) is 16.9 Å². The number of carboxylic acids is 1. The summed E-state index contributed by atoms with van der Waals surface area (Å²) in [6.45, 7) is 0.515. The second kappa shape index (κ2) is 17.4. The molecule has 0 radical (unpaired) electrons. The molecule has 0 aliphatic rings. The lowest BCUT2D eigenvalue weighted by Crippen LogP contribution is -2.56. The minimum Gasteiger partial charge on any atom is -0.508 e. The number of methoxy groups -OCH3 is 1. The molecule has 1 unspecified atom stereocenters. The van der Waals surface area contributed by atoms with Crippen LogP contribution in [-0.2, 0) is 36.6 Å². The molecular weight excluding hydrogens is 647 g/mol. The Bertz CT molecular complexity index is 1580. The molecule has 0 aliphatic carbocycles. The van der Waals surface area contributed by atoms with Gasteiger partial charge in [-0.05, 0) is 54.3 Å². The van der Waals surface area contributed by atoms with Crippen molar-refractivity contribution >= 4 is 31.3 Å². The van der Waals surface area contributed by atoms with Crippen LogP contribution in [0.25, 0.3) is 0 Å². The van der Waals surface area contributed by atoms with Gasteiger partial charge in [-0.15, -0.1) is 0 Å². The van der Waals surface area contributed by atoms with E-state index >= 15 is 0 Å². The molecule has 0 bridgehead atoms. The van der Waals surface area contributed by atoms with Crippen molar-refractivity contribution in [1.82, 2.24) is 21.3 Å². The van der Waals surface area contributed by atoms with Crippen molar-refractivity contribution in [2.24, 2.45) is 0 Å². The Morgan fingerprint density at radius 3 is 1.94 bits per heavy atom. The molecule has 5 atom stereocenters. The molecule has 0 heterocycles. The van der Waals surface area contributed by atoms with Gasteiger partial charge in [0.2, 0.25) is 17.7 Å². The molecule has 3 rings (SSSR count). The van der Waals surface area contributed by atoms with Crippen molar-refractivity contribution < 1.29 is 53.6 Å². The summed E-state index contributed by atoms with van der Waals surface area (Å²) in [5.74, 6) is -5.23. The Morgan fingerprint density at radius 2 is 1.40 bits per heavy atom. The maximum absolute atomic E-state index is 13.5. The van der Waals surface area contributed by atoms with Crippen LogP contribution in [0.3, 0.4) is 0 Å². The Kier molecular flexibility index (Phi) is 13.6. The van der Waals surface area contributed by atoms with Crippen LogP contribution in [0.2, 0.25) is 0 Å². The molecule has 0 spiro atoms. The van der Waals surface area contributed by atoms with E-state index in [-0.39, 0.29) is 24.2 Å². The number of hydrogen-bond acceptors (Lipinski definition) is 9. The monoisotopic (exact) mass is 686 g/mol. The first-order valence-corrected chi connectivity index (χ1v) is 16.4. The maximum atomic E-state index is 13.5. The number of hydrogen-bond donors (Lipinski definition) is 9. The van der Waals surface area contributed by atoms with Gasteiger partial charge in [0, 0.05) is 6.42 Å². The molecule has 3 amide bonds. The molecular formula is C32H39N4O11P. The maximum Gasteiger partial charge on any atom is 0.346 e. The fourth-order valence-corrected chi connectivity index (χ4v) is 5.63. The standard InChI is InChI=1S/C32H39N4O11P/c1-19(37)28(32(42)43)36-30(41)26(17-21-8-12-23(38)13-9-21)34-27(39)18-33-29(40)25(16-20-6-4-3-5-7-20)35-31(48(44,45)46)22-10-14-24(47-2)15-11-22/h3-15,19,25-26,28,31,35,37-38H,16-18H2,1-2H3,(H,33,40)(H,34,39)(H,36,41)(H,42,43)(H2,44,45,46)/t19-,25+,26+,28+,31?/m1/s1. The molecule has 15 nitrogen and oxygen atoms in total. The van der Waals surface area contributed by atoms with E-state index in [0.717, 1.165) is 0 Å². The second-order valence-corrected chi connectivity index (χ2v) is 12.6. The summed E-state index contributed by atoms with van der Waals surface area (Å²) in [5.41, 5.74) is 1.34. The topological polar surface area (TPSA) is 244 Å². The first kappa shape index (κ1) is 37.7. The van der Waals surface area contributed by atoms with Crippen LogP contribution in [0.15, 0.2) is 78.9 Å². The van der Waals surface area contributed by atoms with Crippen LogP contribution >= 0.6 is 7.60 Å². The van der Waals surface area contributed by atoms with Crippen molar-refractivity contribution in [1.29, 1.82) is 0 Å². The lowest BCUT2D eigenvalue weighted by Gasteiger charge is -2.27. The van der Waals surface area contributed by atoms with E-state index < -0.39 is 67.8 Å². The van der Waals surface area contributed by atoms with Crippen LogP contribution in [0, 0.1) is 0 Å². The number of nitrogens with one attached hydrogen (secondary N) is 4. The number of aliphatic hydroxyl groups is 1. The van der Waals surface area contributed by atoms with E-state index in [9.17, 15) is 48.8 Å². The highest BCUT2D eigenvalue weighted by Crippen LogP contribution is 2.50. The summed E-state index contributed by atoms with van der Waals surface area (Å²) in [4.78, 5) is 71.5. The third kappa shape index (κ3) is 11.5. The van der Waals surface area contributed by atoms with Crippen LogP contribution in [0.5, 0.6) is 11.5 Å². The van der Waals surface area contributed by atoms with Crippen molar-refractivity contribution in [3.05, 3.63) is 95.6 Å². The number of aromatic hydroxyl groups is 1. The summed E-state index contributed by atoms with van der Waals surface area (Å²) in [6.07, 6.45) is -1.61. The third-order valence-electron chi connectivity index (χ3n) is 7.22. The van der Waals surface area contributed by atoms with Gasteiger partial charge in [0.25, 0.3) is 0 Å². The zero-order chi connectivity index (χ0) is 35.4. The Balaban J connectivity index is 1.79. The van der Waals surface area contributed by atoms with Crippen molar-refractivity contribution in [3.8, 4) is 11.5 Å². The van der Waals surface area contributed by atoms with Gasteiger partial charge in [-0.25, -0.2) is 4.79 Å². The Morgan fingerprint density at radius 1 is 0.812 bits per heavy atom. The smallest absolute Gasteiger partial charge is 0.346 e. The fourth-order valence-electron chi connectivity index (χ4n) is 4.70. The van der Waals surface area contributed by atoms with Gasteiger partial charge in [-0.3, -0.25) is 24.3 Å². The molecule has 0 saturated carbocycles. The number of phenols is 1. The summed E-state index contributed by atoms with van der Waals surface area (Å²) in [7, 11) is -3.44. The van der Waals surface area contributed by atoms with E-state index in [4.69, 9.17) is 4.74 Å². The number of carbonyl (C=O) groups excluding carboxylic acids is 3. The van der Waals surface area contributed by atoms with E-state index in [2.05, 4.69) is 21.3 Å². The van der Waals surface area contributed by atoms with Crippen LogP contribution < -0.4 is 26.0 Å². The average molecular weight is 687 g/mol. The molecule has 3 aromatic carbocycles. The molecule has 9 N–H and O–H groups in total. The predicted octanol–water partition coefficient (Wildman–Crippen LogP) is 0.572. The fraction of sp³-hybridized carbons (Fsp3) is 0.312. The number of rotatable bonds is 17. The molecule has 3 aromatic rings. The van der Waals surface area contributed by atoms with Crippen molar-refractivity contribution in [2.75, 3.05) is 13.7 Å². The number of carbonyl (C=O) groups is 4. The quantitative estimate of drug-likeness (QED) is 0.0886.